The quantitative estimate of drug-likeness (QED) is 0.224. The molecule has 0 aromatic carbocycles. The van der Waals surface area contributed by atoms with Crippen molar-refractivity contribution in [2.75, 3.05) is 0 Å². The molecule has 100 valence electrons. The van der Waals surface area contributed by atoms with Crippen molar-refractivity contribution in [2.24, 2.45) is 0 Å². The number of phosphoric acid groups is 2. The smallest absolute Gasteiger partial charge is 0.822 e. The van der Waals surface area contributed by atoms with E-state index in [1.54, 1.807) is 0 Å². The topological polar surface area (TPSA) is 172 Å². The monoisotopic (exact) mass is 712 g/mol. The van der Waals surface area contributed by atoms with E-state index in [-0.39, 0.29) is 141 Å². The summed E-state index contributed by atoms with van der Waals surface area (Å²) in [5.41, 5.74) is 0. The van der Waals surface area contributed by atoms with Gasteiger partial charge in [-0.15, -0.1) is 0 Å². The average molecular weight is 709 g/mol. The summed E-state index contributed by atoms with van der Waals surface area (Å²) in [6, 6.07) is 0. The zero-order valence-electron chi connectivity index (χ0n) is 4.96. The van der Waals surface area contributed by atoms with Crippen molar-refractivity contribution in [3.63, 3.8) is 0 Å². The Hall–Kier alpha value is 4.78. The molecule has 0 spiro atoms. The van der Waals surface area contributed by atoms with Crippen LogP contribution in [0.5, 0.6) is 0 Å². The minimum absolute atomic E-state index is 0. The van der Waals surface area contributed by atoms with Gasteiger partial charge in [0, 0.05) is 0 Å². The summed E-state index contributed by atoms with van der Waals surface area (Å²) in [5, 5.41) is 0. The average Bonchev–Trinajstić information content (AvgIpc) is 1.12. The fourth-order valence-electron chi connectivity index (χ4n) is 0. The molecular weight excluding hydrogens is 709 g/mol. The fourth-order valence-corrected chi connectivity index (χ4v) is 0. The van der Waals surface area contributed by atoms with Crippen molar-refractivity contribution in [3.8, 4) is 0 Å². The molecule has 0 aromatic rings. The predicted molar refractivity (Wildman–Crippen MR) is 15.2 cm³/mol. The van der Waals surface area contributed by atoms with Crippen LogP contribution in [0.25, 0.3) is 0 Å². The number of hydrogen-bond acceptors (Lipinski definition) is 8. The Balaban J connectivity index is -0.0000000267. The molecule has 8 nitrogen and oxygen atoms in total. The van der Waals surface area contributed by atoms with Crippen LogP contribution in [0.1, 0.15) is 0 Å². The Morgan fingerprint density at radius 3 is 0.538 bits per heavy atom. The molecule has 0 bridgehead atoms. The van der Waals surface area contributed by atoms with E-state index >= 15 is 0 Å². The normalized spacial score (nSPS) is 9.08. The Labute approximate surface area is 189 Å². The van der Waals surface area contributed by atoms with Crippen LogP contribution in [0.4, 0.5) is 0 Å². The van der Waals surface area contributed by atoms with Gasteiger partial charge in [0.15, 0.2) is 0 Å². The predicted octanol–water partition coefficient (Wildman–Crippen LogP) is -5.65. The third kappa shape index (κ3) is 160. The number of rotatable bonds is 0. The van der Waals surface area contributed by atoms with E-state index in [1.165, 1.54) is 0 Å². The summed E-state index contributed by atoms with van der Waals surface area (Å²) in [6.45, 7) is 0. The minimum atomic E-state index is -5.39. The van der Waals surface area contributed by atoms with E-state index in [2.05, 4.69) is 0 Å². The van der Waals surface area contributed by atoms with Gasteiger partial charge >= 0.3 is 141 Å². The molecule has 0 heterocycles. The van der Waals surface area contributed by atoms with Crippen molar-refractivity contribution in [1.29, 1.82) is 0 Å². The maximum Gasteiger partial charge on any atom is 2.00 e. The van der Waals surface area contributed by atoms with Crippen LogP contribution in [0.15, 0.2) is 0 Å². The van der Waals surface area contributed by atoms with Crippen molar-refractivity contribution in [1.82, 2.24) is 0 Å². The number of hydrogen-bond donors (Lipinski definition) is 0. The molecule has 13 heteroatoms. The fraction of sp³-hybridized carbons (Fsp3) is 0. The second-order valence-electron chi connectivity index (χ2n) is 0.894. The molecule has 0 radical (unpaired) electrons. The Morgan fingerprint density at radius 2 is 0.538 bits per heavy atom. The van der Waals surface area contributed by atoms with Gasteiger partial charge in [-0.2, -0.15) is 15.6 Å². The maximum atomic E-state index is 8.55. The van der Waals surface area contributed by atoms with Crippen LogP contribution in [0.2, 0.25) is 0 Å². The largest absolute Gasteiger partial charge is 2.00 e. The van der Waals surface area contributed by atoms with Crippen LogP contribution in [0, 0.1) is 141 Å². The molecule has 0 rings (SSSR count). The zero-order chi connectivity index (χ0) is 9.00. The first-order valence-corrected chi connectivity index (χ1v) is 4.38. The molecule has 0 aliphatic rings. The molecule has 0 atom stereocenters. The second-order valence-corrected chi connectivity index (χ2v) is 2.68. The van der Waals surface area contributed by atoms with E-state index < -0.39 is 15.6 Å². The van der Waals surface area contributed by atoms with Gasteiger partial charge in [0.1, 0.15) is 0 Å². The van der Waals surface area contributed by atoms with Crippen molar-refractivity contribution < 1.29 is 179 Å². The first-order valence-electron chi connectivity index (χ1n) is 1.46. The van der Waals surface area contributed by atoms with E-state index in [9.17, 15) is 0 Å². The molecule has 0 amide bonds. The third-order valence-corrected chi connectivity index (χ3v) is 0. The Kier molecular flexibility index (Phi) is 35.0. The molecule has 0 fully saturated rings. The van der Waals surface area contributed by atoms with Gasteiger partial charge in [-0.05, 0) is 0 Å². The van der Waals surface area contributed by atoms with E-state index in [4.69, 9.17) is 38.5 Å². The summed E-state index contributed by atoms with van der Waals surface area (Å²) >= 11 is 0. The van der Waals surface area contributed by atoms with Crippen LogP contribution < -0.4 is 29.4 Å². The molecule has 0 aliphatic carbocycles. The van der Waals surface area contributed by atoms with Crippen molar-refractivity contribution >= 4 is 15.6 Å². The van der Waals surface area contributed by atoms with E-state index in [0.29, 0.717) is 0 Å². The van der Waals surface area contributed by atoms with Gasteiger partial charge < -0.3 is 38.5 Å². The molecule has 0 N–H and O–H groups in total. The van der Waals surface area contributed by atoms with Crippen molar-refractivity contribution in [2.45, 2.75) is 0 Å². The Morgan fingerprint density at radius 1 is 0.538 bits per heavy atom. The standard InChI is InChI=1S/2H3O4P.3Yb/c2*1-5(2,3)4;;;/h2*(H3,1,2,3,4);;;/q;;3*+2/p-6. The van der Waals surface area contributed by atoms with Crippen LogP contribution in [-0.4, -0.2) is 0 Å². The van der Waals surface area contributed by atoms with Gasteiger partial charge in [-0.3, -0.25) is 0 Å². The summed E-state index contributed by atoms with van der Waals surface area (Å²) in [4.78, 5) is 51.3. The summed E-state index contributed by atoms with van der Waals surface area (Å²) < 4.78 is 17.1. The van der Waals surface area contributed by atoms with E-state index in [0.717, 1.165) is 0 Å². The van der Waals surface area contributed by atoms with E-state index in [1.807, 2.05) is 0 Å². The zero-order valence-corrected chi connectivity index (χ0v) is 11.9. The van der Waals surface area contributed by atoms with Crippen LogP contribution in [-0.2, 0) is 9.13 Å². The summed E-state index contributed by atoms with van der Waals surface area (Å²) in [7, 11) is -10.8. The molecule has 13 heavy (non-hydrogen) atoms. The molecule has 0 unspecified atom stereocenters. The van der Waals surface area contributed by atoms with Crippen LogP contribution in [0.3, 0.4) is 0 Å². The summed E-state index contributed by atoms with van der Waals surface area (Å²) in [5.74, 6) is 0. The maximum absolute atomic E-state index is 8.55. The van der Waals surface area contributed by atoms with Gasteiger partial charge in [0.25, 0.3) is 0 Å². The molecule has 0 aliphatic heterocycles. The van der Waals surface area contributed by atoms with Gasteiger partial charge in [-0.25, -0.2) is 0 Å². The first kappa shape index (κ1) is 30.7. The molecule has 0 saturated carbocycles. The van der Waals surface area contributed by atoms with Gasteiger partial charge in [0.05, 0.1) is 0 Å². The van der Waals surface area contributed by atoms with Crippen molar-refractivity contribution in [3.05, 3.63) is 0 Å². The Bertz CT molecular complexity index is 130. The molecule has 0 saturated heterocycles. The summed E-state index contributed by atoms with van der Waals surface area (Å²) in [6.07, 6.45) is 0. The van der Waals surface area contributed by atoms with Gasteiger partial charge in [0.2, 0.25) is 0 Å². The third-order valence-electron chi connectivity index (χ3n) is 0. The van der Waals surface area contributed by atoms with Crippen LogP contribution >= 0.6 is 15.6 Å². The SMILES string of the molecule is O=P([O-])([O-])[O-].O=P([O-])([O-])[O-].[Yb+2].[Yb+2].[Yb+2]. The second kappa shape index (κ2) is 14.8. The van der Waals surface area contributed by atoms with Gasteiger partial charge in [-0.1, -0.05) is 0 Å². The first-order chi connectivity index (χ1) is 4.00. The molecule has 0 aromatic heterocycles. The molecular formula is O8P2Yb3. The minimum Gasteiger partial charge on any atom is -0.822 e.